The van der Waals surface area contributed by atoms with Crippen LogP contribution < -0.4 is 11.1 Å². The molecule has 0 aliphatic heterocycles. The van der Waals surface area contributed by atoms with E-state index in [4.69, 9.17) is 5.73 Å². The molecule has 4 N–H and O–H groups in total. The summed E-state index contributed by atoms with van der Waals surface area (Å²) >= 11 is 0. The van der Waals surface area contributed by atoms with Gasteiger partial charge in [-0.15, -0.1) is 5.10 Å². The molecular weight excluding hydrogens is 178 g/mol. The minimum atomic E-state index is -0.0249. The van der Waals surface area contributed by atoms with E-state index in [0.29, 0.717) is 5.95 Å². The Kier molecular flexibility index (Phi) is 2.41. The van der Waals surface area contributed by atoms with Crippen LogP contribution in [0.5, 0.6) is 0 Å². The molecule has 0 radical (unpaired) electrons. The molecule has 0 unspecified atom stereocenters. The van der Waals surface area contributed by atoms with Crippen molar-refractivity contribution < 1.29 is 0 Å². The summed E-state index contributed by atoms with van der Waals surface area (Å²) in [5, 5.41) is 10.2. The summed E-state index contributed by atoms with van der Waals surface area (Å²) in [6, 6.07) is 0. The van der Waals surface area contributed by atoms with Gasteiger partial charge in [0, 0.05) is 0 Å². The SMILES string of the molecule is CNC1(c2nc(N)n[nH]2)CCCCC1. The zero-order valence-corrected chi connectivity index (χ0v) is 8.51. The van der Waals surface area contributed by atoms with E-state index in [2.05, 4.69) is 20.5 Å². The van der Waals surface area contributed by atoms with E-state index in [9.17, 15) is 0 Å². The lowest BCUT2D eigenvalue weighted by atomic mass is 9.81. The lowest BCUT2D eigenvalue weighted by molar-refractivity contribution is 0.237. The Balaban J connectivity index is 2.26. The summed E-state index contributed by atoms with van der Waals surface area (Å²) in [6.07, 6.45) is 6.01. The number of nitrogens with one attached hydrogen (secondary N) is 2. The summed E-state index contributed by atoms with van der Waals surface area (Å²) in [6.45, 7) is 0. The Morgan fingerprint density at radius 1 is 1.36 bits per heavy atom. The molecular formula is C9H17N5. The average molecular weight is 195 g/mol. The number of nitrogen functional groups attached to an aromatic ring is 1. The lowest BCUT2D eigenvalue weighted by Gasteiger charge is -2.34. The monoisotopic (exact) mass is 195 g/mol. The molecule has 0 bridgehead atoms. The van der Waals surface area contributed by atoms with Gasteiger partial charge < -0.3 is 11.1 Å². The number of anilines is 1. The molecule has 14 heavy (non-hydrogen) atoms. The predicted molar refractivity (Wildman–Crippen MR) is 54.6 cm³/mol. The highest BCUT2D eigenvalue weighted by Gasteiger charge is 2.35. The third kappa shape index (κ3) is 1.48. The molecule has 5 nitrogen and oxygen atoms in total. The zero-order valence-electron chi connectivity index (χ0n) is 8.51. The molecule has 0 spiro atoms. The van der Waals surface area contributed by atoms with E-state index in [1.165, 1.54) is 19.3 Å². The fraction of sp³-hybridized carbons (Fsp3) is 0.778. The average Bonchev–Trinajstić information content (AvgIpc) is 2.66. The van der Waals surface area contributed by atoms with Crippen LogP contribution in [-0.4, -0.2) is 22.2 Å². The van der Waals surface area contributed by atoms with Crippen molar-refractivity contribution >= 4 is 5.95 Å². The molecule has 0 aromatic carbocycles. The smallest absolute Gasteiger partial charge is 0.239 e. The molecule has 2 rings (SSSR count). The van der Waals surface area contributed by atoms with Crippen LogP contribution in [0.2, 0.25) is 0 Å². The van der Waals surface area contributed by atoms with Crippen molar-refractivity contribution in [2.75, 3.05) is 12.8 Å². The van der Waals surface area contributed by atoms with Crippen molar-refractivity contribution in [3.8, 4) is 0 Å². The standard InChI is InChI=1S/C9H17N5/c1-11-9(5-3-2-4-6-9)7-12-8(10)14-13-7/h11H,2-6H2,1H3,(H3,10,12,13,14). The molecule has 1 fully saturated rings. The fourth-order valence-electron chi connectivity index (χ4n) is 2.25. The number of aromatic amines is 1. The largest absolute Gasteiger partial charge is 0.367 e. The Morgan fingerprint density at radius 3 is 2.57 bits per heavy atom. The van der Waals surface area contributed by atoms with E-state index < -0.39 is 0 Å². The third-order valence-corrected chi connectivity index (χ3v) is 3.14. The summed E-state index contributed by atoms with van der Waals surface area (Å²) in [4.78, 5) is 4.23. The highest BCUT2D eigenvalue weighted by molar-refractivity contribution is 5.18. The van der Waals surface area contributed by atoms with E-state index in [1.807, 2.05) is 7.05 Å². The topological polar surface area (TPSA) is 79.6 Å². The minimum Gasteiger partial charge on any atom is -0.367 e. The summed E-state index contributed by atoms with van der Waals surface area (Å²) in [5.41, 5.74) is 5.49. The molecule has 5 heteroatoms. The Morgan fingerprint density at radius 2 is 2.07 bits per heavy atom. The maximum atomic E-state index is 5.52. The van der Waals surface area contributed by atoms with Crippen molar-refractivity contribution in [3.05, 3.63) is 5.82 Å². The maximum absolute atomic E-state index is 5.52. The van der Waals surface area contributed by atoms with Crippen LogP contribution in [0.25, 0.3) is 0 Å². The van der Waals surface area contributed by atoms with Gasteiger partial charge in [-0.1, -0.05) is 19.3 Å². The van der Waals surface area contributed by atoms with Gasteiger partial charge in [-0.3, -0.25) is 5.10 Å². The van der Waals surface area contributed by atoms with Crippen molar-refractivity contribution in [1.29, 1.82) is 0 Å². The second-order valence-electron chi connectivity index (χ2n) is 3.93. The van der Waals surface area contributed by atoms with E-state index in [0.717, 1.165) is 18.7 Å². The summed E-state index contributed by atoms with van der Waals surface area (Å²) < 4.78 is 0. The molecule has 0 saturated heterocycles. The first-order valence-corrected chi connectivity index (χ1v) is 5.14. The van der Waals surface area contributed by atoms with Gasteiger partial charge in [-0.05, 0) is 19.9 Å². The van der Waals surface area contributed by atoms with Crippen LogP contribution in [0.3, 0.4) is 0 Å². The normalized spacial score (nSPS) is 20.9. The van der Waals surface area contributed by atoms with Crippen molar-refractivity contribution in [1.82, 2.24) is 20.5 Å². The van der Waals surface area contributed by atoms with Gasteiger partial charge in [-0.25, -0.2) is 0 Å². The van der Waals surface area contributed by atoms with Crippen LogP contribution in [-0.2, 0) is 5.54 Å². The van der Waals surface area contributed by atoms with Gasteiger partial charge in [0.1, 0.15) is 5.82 Å². The molecule has 1 aliphatic rings. The van der Waals surface area contributed by atoms with Gasteiger partial charge in [0.05, 0.1) is 5.54 Å². The molecule has 1 saturated carbocycles. The molecule has 1 aromatic rings. The second-order valence-corrected chi connectivity index (χ2v) is 3.93. The highest BCUT2D eigenvalue weighted by atomic mass is 15.3. The quantitative estimate of drug-likeness (QED) is 0.651. The van der Waals surface area contributed by atoms with Crippen LogP contribution in [0.4, 0.5) is 5.95 Å². The number of H-pyrrole nitrogens is 1. The van der Waals surface area contributed by atoms with Gasteiger partial charge >= 0.3 is 0 Å². The third-order valence-electron chi connectivity index (χ3n) is 3.14. The highest BCUT2D eigenvalue weighted by Crippen LogP contribution is 2.34. The van der Waals surface area contributed by atoms with E-state index in [1.54, 1.807) is 0 Å². The van der Waals surface area contributed by atoms with Gasteiger partial charge in [0.2, 0.25) is 5.95 Å². The molecule has 1 heterocycles. The molecule has 0 amide bonds. The number of nitrogens with zero attached hydrogens (tertiary/aromatic N) is 2. The van der Waals surface area contributed by atoms with Crippen LogP contribution in [0.15, 0.2) is 0 Å². The van der Waals surface area contributed by atoms with Crippen LogP contribution in [0, 0.1) is 0 Å². The first-order valence-electron chi connectivity index (χ1n) is 5.14. The van der Waals surface area contributed by atoms with E-state index in [-0.39, 0.29) is 5.54 Å². The number of rotatable bonds is 2. The molecule has 0 atom stereocenters. The Bertz CT molecular complexity index is 300. The fourth-order valence-corrected chi connectivity index (χ4v) is 2.25. The van der Waals surface area contributed by atoms with Crippen LogP contribution in [0.1, 0.15) is 37.9 Å². The van der Waals surface area contributed by atoms with Crippen molar-refractivity contribution in [2.45, 2.75) is 37.6 Å². The number of nitrogens with two attached hydrogens (primary N) is 1. The van der Waals surface area contributed by atoms with Crippen LogP contribution >= 0.6 is 0 Å². The Hall–Kier alpha value is -1.10. The summed E-state index contributed by atoms with van der Waals surface area (Å²) in [7, 11) is 1.98. The minimum absolute atomic E-state index is 0.0249. The predicted octanol–water partition coefficient (Wildman–Crippen LogP) is 0.766. The first-order chi connectivity index (χ1) is 6.77. The lowest BCUT2D eigenvalue weighted by Crippen LogP contribution is -2.42. The van der Waals surface area contributed by atoms with Crippen molar-refractivity contribution in [2.24, 2.45) is 0 Å². The van der Waals surface area contributed by atoms with Gasteiger partial charge in [-0.2, -0.15) is 4.98 Å². The molecule has 78 valence electrons. The maximum Gasteiger partial charge on any atom is 0.239 e. The van der Waals surface area contributed by atoms with Gasteiger partial charge in [0.25, 0.3) is 0 Å². The zero-order chi connectivity index (χ0) is 10.0. The molecule has 1 aromatic heterocycles. The second kappa shape index (κ2) is 3.57. The van der Waals surface area contributed by atoms with E-state index >= 15 is 0 Å². The first kappa shape index (κ1) is 9.45. The van der Waals surface area contributed by atoms with Crippen molar-refractivity contribution in [3.63, 3.8) is 0 Å². The molecule has 1 aliphatic carbocycles. The van der Waals surface area contributed by atoms with Gasteiger partial charge in [0.15, 0.2) is 0 Å². The Labute approximate surface area is 83.5 Å². The number of aromatic nitrogens is 3. The number of hydrogen-bond donors (Lipinski definition) is 3. The summed E-state index contributed by atoms with van der Waals surface area (Å²) in [5.74, 6) is 1.22. The number of hydrogen-bond acceptors (Lipinski definition) is 4.